The van der Waals surface area contributed by atoms with Crippen LogP contribution < -0.4 is 16.0 Å². The Bertz CT molecular complexity index is 622. The molecule has 0 aromatic carbocycles. The largest absolute Gasteiger partial charge is 0.480 e. The second-order valence-corrected chi connectivity index (χ2v) is 7.41. The molecule has 0 bridgehead atoms. The van der Waals surface area contributed by atoms with E-state index in [2.05, 4.69) is 16.0 Å². The van der Waals surface area contributed by atoms with Crippen LogP contribution in [0.3, 0.4) is 0 Å². The average Bonchev–Trinajstić information content (AvgIpc) is 2.69. The Morgan fingerprint density at radius 1 is 1.21 bits per heavy atom. The first kappa shape index (κ1) is 24.9. The van der Waals surface area contributed by atoms with Gasteiger partial charge in [0.2, 0.25) is 17.7 Å². The van der Waals surface area contributed by atoms with Gasteiger partial charge in [0.05, 0.1) is 5.92 Å². The van der Waals surface area contributed by atoms with Gasteiger partial charge in [-0.25, -0.2) is 4.79 Å². The van der Waals surface area contributed by atoms with E-state index in [0.29, 0.717) is 25.4 Å². The first-order valence-corrected chi connectivity index (χ1v) is 9.82. The van der Waals surface area contributed by atoms with Crippen LogP contribution in [0.4, 0.5) is 0 Å². The molecule has 2 atom stereocenters. The first-order chi connectivity index (χ1) is 13.4. The van der Waals surface area contributed by atoms with Gasteiger partial charge in [-0.2, -0.15) is 0 Å². The summed E-state index contributed by atoms with van der Waals surface area (Å²) in [7, 11) is 0. The molecule has 2 heterocycles. The quantitative estimate of drug-likeness (QED) is 0.418. The molecule has 10 heteroatoms. The summed E-state index contributed by atoms with van der Waals surface area (Å²) in [5, 5.41) is 17.2. The lowest BCUT2D eigenvalue weighted by Gasteiger charge is -2.31. The van der Waals surface area contributed by atoms with E-state index in [4.69, 9.17) is 5.11 Å². The summed E-state index contributed by atoms with van der Waals surface area (Å²) in [6.45, 7) is 3.89. The highest BCUT2D eigenvalue weighted by Crippen LogP contribution is 2.18. The summed E-state index contributed by atoms with van der Waals surface area (Å²) in [5.41, 5.74) is 0. The predicted molar refractivity (Wildman–Crippen MR) is 110 cm³/mol. The van der Waals surface area contributed by atoms with Crippen LogP contribution in [0.2, 0.25) is 0 Å². The lowest BCUT2D eigenvalue weighted by atomic mass is 9.96. The van der Waals surface area contributed by atoms with Crippen LogP contribution in [0.25, 0.3) is 0 Å². The van der Waals surface area contributed by atoms with E-state index in [1.54, 1.807) is 11.0 Å². The third kappa shape index (κ3) is 8.41. The smallest absolute Gasteiger partial charge is 0.328 e. The maximum absolute atomic E-state index is 12.5. The number of allylic oxidation sites excluding steroid dienone is 1. The number of halogens is 1. The molecule has 1 unspecified atom stereocenters. The van der Waals surface area contributed by atoms with Crippen molar-refractivity contribution in [3.8, 4) is 0 Å². The van der Waals surface area contributed by atoms with Gasteiger partial charge in [0.15, 0.2) is 0 Å². The zero-order chi connectivity index (χ0) is 20.5. The fourth-order valence-electron chi connectivity index (χ4n) is 3.54. The Hall–Kier alpha value is -2.13. The van der Waals surface area contributed by atoms with Crippen molar-refractivity contribution in [1.82, 2.24) is 20.9 Å². The summed E-state index contributed by atoms with van der Waals surface area (Å²) in [5.74, 6) is -2.03. The van der Waals surface area contributed by atoms with Crippen LogP contribution in [0.5, 0.6) is 0 Å². The molecule has 2 saturated heterocycles. The highest BCUT2D eigenvalue weighted by Gasteiger charge is 2.29. The number of rotatable bonds is 7. The van der Waals surface area contributed by atoms with E-state index in [9.17, 15) is 19.2 Å². The van der Waals surface area contributed by atoms with Gasteiger partial charge in [0.1, 0.15) is 6.04 Å². The number of likely N-dealkylation sites (tertiary alicyclic amines) is 1. The normalized spacial score (nSPS) is 21.1. The lowest BCUT2D eigenvalue weighted by molar-refractivity contribution is -0.141. The van der Waals surface area contributed by atoms with Gasteiger partial charge in [0.25, 0.3) is 0 Å². The van der Waals surface area contributed by atoms with Gasteiger partial charge >= 0.3 is 5.97 Å². The number of carbonyl (C=O) groups is 4. The summed E-state index contributed by atoms with van der Waals surface area (Å²) >= 11 is 0. The number of nitrogens with zero attached hydrogens (tertiary/aromatic N) is 1. The van der Waals surface area contributed by atoms with Crippen molar-refractivity contribution in [3.05, 3.63) is 12.2 Å². The molecule has 29 heavy (non-hydrogen) atoms. The SMILES string of the molecule is CC(=O)NC(CNC(=O)[C@@H]1CCCN(C(=O)/C=C/C2CCNCC2)C1)C(=O)O.Cl. The molecule has 0 aromatic heterocycles. The molecule has 2 rings (SSSR count). The molecule has 164 valence electrons. The van der Waals surface area contributed by atoms with Crippen LogP contribution in [0, 0.1) is 11.8 Å². The Kier molecular flexibility index (Phi) is 10.7. The van der Waals surface area contributed by atoms with Crippen molar-refractivity contribution >= 4 is 36.1 Å². The summed E-state index contributed by atoms with van der Waals surface area (Å²) in [6, 6.07) is -1.17. The minimum absolute atomic E-state index is 0. The Labute approximate surface area is 177 Å². The molecule has 3 amide bonds. The van der Waals surface area contributed by atoms with Crippen LogP contribution in [0.15, 0.2) is 12.2 Å². The number of aliphatic carboxylic acids is 1. The number of hydrogen-bond donors (Lipinski definition) is 4. The average molecular weight is 431 g/mol. The first-order valence-electron chi connectivity index (χ1n) is 9.82. The summed E-state index contributed by atoms with van der Waals surface area (Å²) in [4.78, 5) is 48.7. The number of carboxylic acids is 1. The number of carboxylic acid groups (broad SMARTS) is 1. The van der Waals surface area contributed by atoms with E-state index >= 15 is 0 Å². The van der Waals surface area contributed by atoms with Crippen LogP contribution >= 0.6 is 12.4 Å². The molecule has 0 radical (unpaired) electrons. The lowest BCUT2D eigenvalue weighted by Crippen LogP contribution is -2.50. The molecule has 2 aliphatic rings. The van der Waals surface area contributed by atoms with Crippen molar-refractivity contribution in [2.45, 2.75) is 38.6 Å². The zero-order valence-electron chi connectivity index (χ0n) is 16.7. The van der Waals surface area contributed by atoms with E-state index in [1.807, 2.05) is 6.08 Å². The monoisotopic (exact) mass is 430 g/mol. The number of amides is 3. The molecule has 9 nitrogen and oxygen atoms in total. The van der Waals surface area contributed by atoms with Crippen molar-refractivity contribution in [1.29, 1.82) is 0 Å². The highest BCUT2D eigenvalue weighted by atomic mass is 35.5. The second kappa shape index (κ2) is 12.4. The minimum atomic E-state index is -1.21. The molecule has 2 fully saturated rings. The topological polar surface area (TPSA) is 128 Å². The van der Waals surface area contributed by atoms with Crippen LogP contribution in [-0.4, -0.2) is 72.5 Å². The Balaban J connectivity index is 0.00000420. The van der Waals surface area contributed by atoms with Crippen molar-refractivity contribution < 1.29 is 24.3 Å². The van der Waals surface area contributed by atoms with Gasteiger partial charge in [-0.3, -0.25) is 14.4 Å². The van der Waals surface area contributed by atoms with E-state index in [1.165, 1.54) is 6.92 Å². The zero-order valence-corrected chi connectivity index (χ0v) is 17.5. The third-order valence-electron chi connectivity index (χ3n) is 5.15. The van der Waals surface area contributed by atoms with Crippen LogP contribution in [-0.2, 0) is 19.2 Å². The van der Waals surface area contributed by atoms with Crippen molar-refractivity contribution in [3.63, 3.8) is 0 Å². The van der Waals surface area contributed by atoms with Gasteiger partial charge in [0, 0.05) is 26.6 Å². The minimum Gasteiger partial charge on any atom is -0.480 e. The van der Waals surface area contributed by atoms with Crippen molar-refractivity contribution in [2.24, 2.45) is 11.8 Å². The molecule has 0 saturated carbocycles. The molecular formula is C19H31ClN4O5. The molecule has 0 aliphatic carbocycles. The van der Waals surface area contributed by atoms with Crippen LogP contribution in [0.1, 0.15) is 32.6 Å². The number of carbonyl (C=O) groups excluding carboxylic acids is 3. The molecule has 0 spiro atoms. The van der Waals surface area contributed by atoms with E-state index in [0.717, 1.165) is 32.4 Å². The third-order valence-corrected chi connectivity index (χ3v) is 5.15. The highest BCUT2D eigenvalue weighted by molar-refractivity contribution is 5.89. The van der Waals surface area contributed by atoms with E-state index < -0.39 is 17.9 Å². The Morgan fingerprint density at radius 2 is 1.90 bits per heavy atom. The van der Waals surface area contributed by atoms with Gasteiger partial charge in [-0.05, 0) is 50.8 Å². The Morgan fingerprint density at radius 3 is 2.52 bits per heavy atom. The van der Waals surface area contributed by atoms with E-state index in [-0.39, 0.29) is 36.7 Å². The maximum atomic E-state index is 12.5. The predicted octanol–water partition coefficient (Wildman–Crippen LogP) is -0.0919. The fraction of sp³-hybridized carbons (Fsp3) is 0.684. The second-order valence-electron chi connectivity index (χ2n) is 7.41. The maximum Gasteiger partial charge on any atom is 0.328 e. The van der Waals surface area contributed by atoms with Gasteiger partial charge in [-0.15, -0.1) is 12.4 Å². The molecule has 0 aromatic rings. The number of nitrogens with one attached hydrogen (secondary N) is 3. The molecule has 4 N–H and O–H groups in total. The number of piperidine rings is 2. The molecule has 2 aliphatic heterocycles. The molecular weight excluding hydrogens is 400 g/mol. The fourth-order valence-corrected chi connectivity index (χ4v) is 3.54. The van der Waals surface area contributed by atoms with Gasteiger partial charge in [-0.1, -0.05) is 6.08 Å². The standard InChI is InChI=1S/C19H30N4O5.ClH/c1-13(24)22-16(19(27)28)11-21-18(26)15-3-2-10-23(12-15)17(25)5-4-14-6-8-20-9-7-14;/h4-5,14-16,20H,2-3,6-12H2,1H3,(H,21,26)(H,22,24)(H,27,28);1H/b5-4+;/t15-,16?;/m1./s1. The number of hydrogen-bond acceptors (Lipinski definition) is 5. The van der Waals surface area contributed by atoms with Crippen molar-refractivity contribution in [2.75, 3.05) is 32.7 Å². The van der Waals surface area contributed by atoms with Gasteiger partial charge < -0.3 is 26.0 Å². The summed E-state index contributed by atoms with van der Waals surface area (Å²) in [6.07, 6.45) is 7.00. The summed E-state index contributed by atoms with van der Waals surface area (Å²) < 4.78 is 0.